The van der Waals surface area contributed by atoms with Gasteiger partial charge in [-0.1, -0.05) is 0 Å². The van der Waals surface area contributed by atoms with Crippen LogP contribution >= 0.6 is 0 Å². The minimum absolute atomic E-state index is 0.264. The van der Waals surface area contributed by atoms with Crippen LogP contribution in [0.25, 0.3) is 0 Å². The Morgan fingerprint density at radius 2 is 1.78 bits per heavy atom. The lowest BCUT2D eigenvalue weighted by Gasteiger charge is -2.44. The average molecular weight is 271 g/mol. The van der Waals surface area contributed by atoms with E-state index in [1.165, 1.54) is 0 Å². The summed E-state index contributed by atoms with van der Waals surface area (Å²) in [7, 11) is -2.94. The van der Waals surface area contributed by atoms with Crippen molar-refractivity contribution in [3.63, 3.8) is 0 Å². The minimum Gasteiger partial charge on any atom is -0.298 e. The summed E-state index contributed by atoms with van der Waals surface area (Å²) in [6.07, 6.45) is 3.20. The van der Waals surface area contributed by atoms with E-state index in [-0.39, 0.29) is 16.3 Å². The van der Waals surface area contributed by atoms with Gasteiger partial charge >= 0.3 is 0 Å². The fourth-order valence-corrected chi connectivity index (χ4v) is 6.78. The molecule has 3 aliphatic rings. The third kappa shape index (κ3) is 1.46. The number of Topliss-reactive ketones (excluding diaryl/α,β-unsaturated/α-hetero) is 1. The lowest BCUT2D eigenvalue weighted by Crippen LogP contribution is -2.58. The van der Waals surface area contributed by atoms with Crippen LogP contribution in [0.5, 0.6) is 0 Å². The fraction of sp³-hybridized carbons (Fsp3) is 0.923. The minimum atomic E-state index is -2.94. The molecule has 0 aliphatic carbocycles. The number of ketones is 1. The van der Waals surface area contributed by atoms with Crippen LogP contribution in [0.4, 0.5) is 0 Å². The maximum absolute atomic E-state index is 12.4. The van der Waals surface area contributed by atoms with E-state index in [9.17, 15) is 13.2 Å². The molecule has 0 amide bonds. The van der Waals surface area contributed by atoms with Crippen molar-refractivity contribution in [1.82, 2.24) is 4.90 Å². The molecule has 3 fully saturated rings. The molecule has 0 radical (unpaired) electrons. The second-order valence-corrected chi connectivity index (χ2v) is 8.82. The van der Waals surface area contributed by atoms with Gasteiger partial charge < -0.3 is 0 Å². The molecule has 102 valence electrons. The van der Waals surface area contributed by atoms with Crippen molar-refractivity contribution in [3.8, 4) is 0 Å². The lowest BCUT2D eigenvalue weighted by molar-refractivity contribution is -0.126. The van der Waals surface area contributed by atoms with E-state index in [0.29, 0.717) is 25.3 Å². The number of rotatable bonds is 1. The third-order valence-corrected chi connectivity index (χ3v) is 7.81. The van der Waals surface area contributed by atoms with Gasteiger partial charge in [-0.05, 0) is 39.5 Å². The highest BCUT2D eigenvalue weighted by Gasteiger charge is 2.60. The van der Waals surface area contributed by atoms with E-state index in [2.05, 4.69) is 18.7 Å². The largest absolute Gasteiger partial charge is 0.298 e. The highest BCUT2D eigenvalue weighted by Crippen LogP contribution is 2.48. The average Bonchev–Trinajstić information content (AvgIpc) is 2.63. The first kappa shape index (κ1) is 12.6. The van der Waals surface area contributed by atoms with E-state index in [0.717, 1.165) is 19.4 Å². The predicted octanol–water partition coefficient (Wildman–Crippen LogP) is 1.15. The molecule has 3 heterocycles. The fourth-order valence-electron chi connectivity index (χ4n) is 4.29. The van der Waals surface area contributed by atoms with Crippen molar-refractivity contribution in [2.24, 2.45) is 0 Å². The van der Waals surface area contributed by atoms with E-state index in [1.807, 2.05) is 0 Å². The molecule has 2 bridgehead atoms. The number of carbonyl (C=O) groups is 1. The molecule has 0 aromatic heterocycles. The zero-order valence-electron chi connectivity index (χ0n) is 11.1. The third-order valence-electron chi connectivity index (χ3n) is 5.14. The number of hydrogen-bond acceptors (Lipinski definition) is 4. The van der Waals surface area contributed by atoms with Gasteiger partial charge in [0.2, 0.25) is 0 Å². The van der Waals surface area contributed by atoms with Gasteiger partial charge in [0, 0.05) is 19.0 Å². The lowest BCUT2D eigenvalue weighted by atomic mass is 9.85. The van der Waals surface area contributed by atoms with Gasteiger partial charge in [-0.3, -0.25) is 9.69 Å². The molecule has 0 aromatic rings. The van der Waals surface area contributed by atoms with Crippen molar-refractivity contribution in [1.29, 1.82) is 0 Å². The maximum Gasteiger partial charge on any atom is 0.156 e. The Morgan fingerprint density at radius 1 is 1.22 bits per heavy atom. The van der Waals surface area contributed by atoms with Crippen LogP contribution in [0.1, 0.15) is 46.0 Å². The van der Waals surface area contributed by atoms with Crippen LogP contribution in [0.3, 0.4) is 0 Å². The smallest absolute Gasteiger partial charge is 0.156 e. The first-order valence-corrected chi connectivity index (χ1v) is 8.51. The zero-order valence-corrected chi connectivity index (χ0v) is 11.9. The highest BCUT2D eigenvalue weighted by molar-refractivity contribution is 7.93. The van der Waals surface area contributed by atoms with Crippen molar-refractivity contribution in [2.45, 2.75) is 68.0 Å². The second kappa shape index (κ2) is 3.79. The molecule has 0 N–H and O–H groups in total. The molecular weight excluding hydrogens is 250 g/mol. The second-order valence-electron chi connectivity index (χ2n) is 6.31. The van der Waals surface area contributed by atoms with Crippen LogP contribution in [-0.2, 0) is 14.6 Å². The molecule has 0 aromatic carbocycles. The van der Waals surface area contributed by atoms with Crippen LogP contribution in [0, 0.1) is 0 Å². The molecule has 4 nitrogen and oxygen atoms in total. The van der Waals surface area contributed by atoms with Crippen LogP contribution < -0.4 is 0 Å². The number of fused-ring (bicyclic) bond motifs is 2. The summed E-state index contributed by atoms with van der Waals surface area (Å²) in [4.78, 5) is 14.6. The Hall–Kier alpha value is -0.420. The summed E-state index contributed by atoms with van der Waals surface area (Å²) in [6, 6.07) is 0.316. The van der Waals surface area contributed by atoms with Crippen LogP contribution in [0.2, 0.25) is 0 Å². The summed E-state index contributed by atoms with van der Waals surface area (Å²) in [5.74, 6) is 0.281. The Kier molecular flexibility index (Phi) is 2.66. The van der Waals surface area contributed by atoms with Gasteiger partial charge in [0.15, 0.2) is 15.6 Å². The molecule has 1 spiro atoms. The number of sulfone groups is 1. The Morgan fingerprint density at radius 3 is 2.28 bits per heavy atom. The Balaban J connectivity index is 2.00. The van der Waals surface area contributed by atoms with Crippen LogP contribution in [0.15, 0.2) is 0 Å². The van der Waals surface area contributed by atoms with E-state index < -0.39 is 15.4 Å². The normalized spacial score (nSPS) is 43.2. The Labute approximate surface area is 109 Å². The van der Waals surface area contributed by atoms with Crippen molar-refractivity contribution < 1.29 is 13.2 Å². The predicted molar refractivity (Wildman–Crippen MR) is 69.2 cm³/mol. The molecule has 0 saturated carbocycles. The molecule has 3 aliphatic heterocycles. The zero-order chi connectivity index (χ0) is 13.1. The SMILES string of the molecule is CC(C)N1CCC(=O)C12CC1CCC(C2)S1(=O)=O. The van der Waals surface area contributed by atoms with E-state index >= 15 is 0 Å². The summed E-state index contributed by atoms with van der Waals surface area (Å²) in [5.41, 5.74) is -0.453. The number of likely N-dealkylation sites (tertiary alicyclic amines) is 1. The topological polar surface area (TPSA) is 54.5 Å². The molecule has 2 unspecified atom stereocenters. The molecule has 2 atom stereocenters. The number of carbonyl (C=O) groups excluding carboxylic acids is 1. The van der Waals surface area contributed by atoms with E-state index in [1.54, 1.807) is 0 Å². The summed E-state index contributed by atoms with van der Waals surface area (Å²) in [5, 5.41) is -0.529. The highest BCUT2D eigenvalue weighted by atomic mass is 32.2. The molecule has 18 heavy (non-hydrogen) atoms. The van der Waals surface area contributed by atoms with Crippen molar-refractivity contribution in [2.75, 3.05) is 6.54 Å². The standard InChI is InChI=1S/C13H21NO3S/c1-9(2)14-6-5-12(15)13(14)7-10-3-4-11(8-13)18(10,16)17/h9-11H,3-8H2,1-2H3. The summed E-state index contributed by atoms with van der Waals surface area (Å²) >= 11 is 0. The monoisotopic (exact) mass is 271 g/mol. The Bertz CT molecular complexity index is 462. The van der Waals surface area contributed by atoms with E-state index in [4.69, 9.17) is 0 Å². The maximum atomic E-state index is 12.4. The molecule has 3 rings (SSSR count). The molecule has 5 heteroatoms. The number of hydrogen-bond donors (Lipinski definition) is 0. The quantitative estimate of drug-likeness (QED) is 0.718. The number of nitrogens with zero attached hydrogens (tertiary/aromatic N) is 1. The van der Waals surface area contributed by atoms with Crippen molar-refractivity contribution in [3.05, 3.63) is 0 Å². The van der Waals surface area contributed by atoms with Gasteiger partial charge in [-0.25, -0.2) is 8.42 Å². The van der Waals surface area contributed by atoms with Gasteiger partial charge in [0.25, 0.3) is 0 Å². The van der Waals surface area contributed by atoms with Gasteiger partial charge in [0.05, 0.1) is 16.0 Å². The molecule has 3 saturated heterocycles. The summed E-state index contributed by atoms with van der Waals surface area (Å²) < 4.78 is 24.3. The van der Waals surface area contributed by atoms with Gasteiger partial charge in [0.1, 0.15) is 0 Å². The first-order valence-electron chi connectivity index (χ1n) is 6.91. The van der Waals surface area contributed by atoms with Crippen molar-refractivity contribution >= 4 is 15.6 Å². The first-order chi connectivity index (χ1) is 8.38. The van der Waals surface area contributed by atoms with Gasteiger partial charge in [-0.2, -0.15) is 0 Å². The summed E-state index contributed by atoms with van der Waals surface area (Å²) in [6.45, 7) is 5.01. The van der Waals surface area contributed by atoms with Gasteiger partial charge in [-0.15, -0.1) is 0 Å². The molecular formula is C13H21NO3S. The van der Waals surface area contributed by atoms with Crippen LogP contribution in [-0.4, -0.2) is 47.7 Å².